The molecule has 0 bridgehead atoms. The van der Waals surface area contributed by atoms with Crippen molar-refractivity contribution in [3.05, 3.63) is 214 Å². The van der Waals surface area contributed by atoms with Gasteiger partial charge in [0.1, 0.15) is 35.8 Å². The molecule has 6 fully saturated rings. The SMILES string of the molecule is CC(C)(C)c1cc(CC2CCNCC2)ncn1.CC(C)(C)c1ccc(N2CCS(=O)(=O)CC2)cc1.CC(C)(C)c1ccc(OC2CCNC2)cc1.CN(C)C(=O)CN1CCN(Cc2cccc(C(C)(C)C)c2)CC1.CN(C)CCCOc1ccc(C(C)(C)C)cc1.CN1CCC(Oc2ccc(C(C)(C)C)cc2)C1.CNC(=O)CCCN1CCN(Cc2cccc(C(C)(C)C)c2)CC1. The Morgan fingerprint density at radius 1 is 0.470 bits per heavy atom. The van der Waals surface area contributed by atoms with E-state index in [1.54, 1.807) is 18.3 Å². The fraction of sp³-hybridized carbons (Fsp3) is 0.622. The van der Waals surface area contributed by atoms with Crippen LogP contribution in [0.3, 0.4) is 0 Å². The number of hydrogen-bond donors (Lipinski definition) is 3. The van der Waals surface area contributed by atoms with Crippen molar-refractivity contribution in [3.63, 3.8) is 0 Å². The summed E-state index contributed by atoms with van der Waals surface area (Å²) in [7, 11) is 8.86. The van der Waals surface area contributed by atoms with E-state index in [1.807, 2.05) is 14.1 Å². The number of hydrogen-bond acceptors (Lipinski definition) is 18. The van der Waals surface area contributed by atoms with Gasteiger partial charge in [-0.15, -0.1) is 0 Å². The van der Waals surface area contributed by atoms with Crippen molar-refractivity contribution in [3.8, 4) is 17.2 Å². The molecule has 2 amide bonds. The maximum absolute atomic E-state index is 11.8. The molecule has 6 aliphatic heterocycles. The van der Waals surface area contributed by atoms with Gasteiger partial charge < -0.3 is 54.7 Å². The van der Waals surface area contributed by atoms with E-state index < -0.39 is 9.84 Å². The third-order valence-electron chi connectivity index (χ3n) is 25.4. The van der Waals surface area contributed by atoms with E-state index in [-0.39, 0.29) is 61.2 Å². The van der Waals surface area contributed by atoms with Crippen LogP contribution in [0.25, 0.3) is 0 Å². The molecule has 6 saturated heterocycles. The largest absolute Gasteiger partial charge is 0.494 e. The van der Waals surface area contributed by atoms with Gasteiger partial charge in [-0.2, -0.15) is 0 Å². The Morgan fingerprint density at radius 2 is 0.909 bits per heavy atom. The summed E-state index contributed by atoms with van der Waals surface area (Å²) in [6, 6.07) is 54.1. The van der Waals surface area contributed by atoms with Gasteiger partial charge in [0.2, 0.25) is 11.8 Å². The summed E-state index contributed by atoms with van der Waals surface area (Å²) in [5.41, 5.74) is 15.8. The number of anilines is 1. The van der Waals surface area contributed by atoms with Crippen molar-refractivity contribution >= 4 is 27.3 Å². The molecule has 0 spiro atoms. The van der Waals surface area contributed by atoms with E-state index in [0.29, 0.717) is 38.3 Å². The normalized spacial score (nSPS) is 18.0. The molecule has 21 heteroatoms. The quantitative estimate of drug-likeness (QED) is 0.0544. The van der Waals surface area contributed by atoms with Crippen LogP contribution in [0.2, 0.25) is 0 Å². The predicted molar refractivity (Wildman–Crippen MR) is 554 cm³/mol. The standard InChI is InChI=1S/C20H33N3O.C19H31N3O.C15H23NO.C15H25NO.C14H23N3.C14H21NO2S.C14H21NO/c1-20(2,3)18-8-5-7-17(15-18)16-23-13-11-22(12-14-23)10-6-9-19(24)21-4;1-19(2,3)17-8-6-7-16(13-17)14-21-9-11-22(12-10-21)15-18(23)20(4)5;1-15(2,3)12-5-7-13(8-6-12)17-14-9-10-16(4)11-14;1-15(2,3)13-7-9-14(10-8-13)17-12-6-11-16(4)5;1-14(2,3)13-9-12(16-10-17-13)8-11-4-6-15-7-5-11;1-14(2,3)12-4-6-13(7-5-12)15-8-10-18(16,17)11-9-15;1-14(2,3)11-4-6-12(7-5-11)16-13-8-9-15-10-13/h5,7-8,15H,6,9-14,16H2,1-4H3,(H,21,24);6-8,13H,9-12,14-15H2,1-5H3;5-8,14H,9-11H2,1-4H3;7-10H,6,11-12H2,1-5H3;9-11,15H,4-8H2,1-3H3;4-7H,8-11H2,1-3H3;4-7,13,15H,8-10H2,1-3H3. The number of nitrogens with one attached hydrogen (secondary N) is 3. The summed E-state index contributed by atoms with van der Waals surface area (Å²) in [4.78, 5) is 49.9. The van der Waals surface area contributed by atoms with Crippen molar-refractivity contribution < 1.29 is 32.2 Å². The average Bonchev–Trinajstić information content (AvgIpc) is 1.15. The Labute approximate surface area is 801 Å². The van der Waals surface area contributed by atoms with Crippen molar-refractivity contribution in [1.29, 1.82) is 0 Å². The maximum atomic E-state index is 11.8. The molecule has 132 heavy (non-hydrogen) atoms. The number of aromatic nitrogens is 2. The first kappa shape index (κ1) is 111. The Bertz CT molecular complexity index is 4570. The number of sulfone groups is 1. The molecule has 3 N–H and O–H groups in total. The molecule has 6 aliphatic rings. The molecule has 1 aromatic heterocycles. The van der Waals surface area contributed by atoms with Crippen LogP contribution in [0, 0.1) is 5.92 Å². The second-order valence-corrected chi connectivity index (χ2v) is 47.3. The molecule has 0 aliphatic carbocycles. The number of carbonyl (C=O) groups excluding carboxylic acids is 2. The van der Waals surface area contributed by atoms with E-state index in [2.05, 4.69) is 378 Å². The van der Waals surface area contributed by atoms with Crippen LogP contribution < -0.4 is 35.1 Å². The Morgan fingerprint density at radius 3 is 1.33 bits per heavy atom. The lowest BCUT2D eigenvalue weighted by Crippen LogP contribution is -2.48. The number of nitrogens with zero attached hydrogens (tertiary/aromatic N) is 10. The number of rotatable bonds is 22. The Kier molecular flexibility index (Phi) is 44.2. The smallest absolute Gasteiger partial charge is 0.236 e. The van der Waals surface area contributed by atoms with Crippen LogP contribution in [0.4, 0.5) is 5.69 Å². The summed E-state index contributed by atoms with van der Waals surface area (Å²) in [6.07, 6.45) is 11.0. The highest BCUT2D eigenvalue weighted by Gasteiger charge is 2.28. The molecule has 13 rings (SSSR count). The van der Waals surface area contributed by atoms with E-state index >= 15 is 0 Å². The van der Waals surface area contributed by atoms with Gasteiger partial charge in [-0.1, -0.05) is 242 Å². The number of likely N-dealkylation sites (tertiary alicyclic amines) is 1. The highest BCUT2D eigenvalue weighted by Crippen LogP contribution is 2.32. The monoisotopic (exact) mass is 1840 g/mol. The van der Waals surface area contributed by atoms with Crippen molar-refractivity contribution in [1.82, 2.24) is 60.2 Å². The summed E-state index contributed by atoms with van der Waals surface area (Å²) >= 11 is 0. The molecule has 2 atom stereocenters. The van der Waals surface area contributed by atoms with Gasteiger partial charge in [0.15, 0.2) is 9.84 Å². The minimum Gasteiger partial charge on any atom is -0.494 e. The molecule has 7 heterocycles. The van der Waals surface area contributed by atoms with E-state index in [9.17, 15) is 18.0 Å². The molecule has 0 saturated carbocycles. The molecular weight excluding hydrogens is 1660 g/mol. The van der Waals surface area contributed by atoms with E-state index in [0.717, 1.165) is 191 Å². The summed E-state index contributed by atoms with van der Waals surface area (Å²) < 4.78 is 40.3. The second-order valence-electron chi connectivity index (χ2n) is 45.0. The molecule has 2 unspecified atom stereocenters. The lowest BCUT2D eigenvalue weighted by atomic mass is 9.86. The minimum absolute atomic E-state index is 0.117. The topological polar surface area (TPSA) is 184 Å². The van der Waals surface area contributed by atoms with Gasteiger partial charge in [0, 0.05) is 155 Å². The van der Waals surface area contributed by atoms with Crippen LogP contribution >= 0.6 is 0 Å². The van der Waals surface area contributed by atoms with Gasteiger partial charge in [0.05, 0.1) is 24.7 Å². The fourth-order valence-electron chi connectivity index (χ4n) is 16.2. The number of carbonyl (C=O) groups is 2. The second kappa shape index (κ2) is 52.5. The minimum atomic E-state index is -2.80. The van der Waals surface area contributed by atoms with Crippen molar-refractivity contribution in [2.24, 2.45) is 5.92 Å². The first-order chi connectivity index (χ1) is 61.9. The number of piperidine rings is 1. The molecule has 0 radical (unpaired) electrons. The summed E-state index contributed by atoms with van der Waals surface area (Å²) in [6.45, 7) is 68.4. The van der Waals surface area contributed by atoms with Gasteiger partial charge in [-0.25, -0.2) is 18.4 Å². The fourth-order valence-corrected chi connectivity index (χ4v) is 17.4. The van der Waals surface area contributed by atoms with Gasteiger partial charge in [-0.3, -0.25) is 24.3 Å². The van der Waals surface area contributed by atoms with Crippen LogP contribution in [0.5, 0.6) is 17.2 Å². The number of ether oxygens (including phenoxy) is 3. The number of piperazine rings is 2. The number of likely N-dealkylation sites (N-methyl/N-ethyl adjacent to an activating group) is 2. The molecule has 7 aromatic rings. The van der Waals surface area contributed by atoms with E-state index in [1.165, 1.54) is 63.0 Å². The Balaban J connectivity index is 0.000000211. The molecular formula is C111H177N13O7S. The first-order valence-electron chi connectivity index (χ1n) is 49.3. The van der Waals surface area contributed by atoms with Crippen molar-refractivity contribution in [2.75, 3.05) is 190 Å². The predicted octanol–water partition coefficient (Wildman–Crippen LogP) is 18.5. The lowest BCUT2D eigenvalue weighted by Gasteiger charge is -2.35. The highest BCUT2D eigenvalue weighted by molar-refractivity contribution is 7.91. The average molecular weight is 1840 g/mol. The third kappa shape index (κ3) is 41.8. The van der Waals surface area contributed by atoms with E-state index in [4.69, 9.17) is 14.2 Å². The van der Waals surface area contributed by atoms with Gasteiger partial charge in [0.25, 0.3) is 0 Å². The molecule has 734 valence electrons. The Hall–Kier alpha value is -7.83. The summed E-state index contributed by atoms with van der Waals surface area (Å²) in [5.74, 6) is 4.63. The van der Waals surface area contributed by atoms with Crippen LogP contribution in [-0.2, 0) is 76.8 Å². The zero-order valence-electron chi connectivity index (χ0n) is 87.1. The number of benzene rings is 6. The summed E-state index contributed by atoms with van der Waals surface area (Å²) in [5, 5.41) is 9.39. The highest BCUT2D eigenvalue weighted by atomic mass is 32.2. The number of amides is 2. The lowest BCUT2D eigenvalue weighted by molar-refractivity contribution is -0.130. The maximum Gasteiger partial charge on any atom is 0.236 e. The van der Waals surface area contributed by atoms with Crippen LogP contribution in [0.1, 0.15) is 246 Å². The molecule has 6 aromatic carbocycles. The van der Waals surface area contributed by atoms with Crippen molar-refractivity contribution in [2.45, 2.75) is 260 Å². The van der Waals surface area contributed by atoms with Gasteiger partial charge >= 0.3 is 0 Å². The van der Waals surface area contributed by atoms with Crippen LogP contribution in [0.15, 0.2) is 158 Å². The van der Waals surface area contributed by atoms with Gasteiger partial charge in [-0.05, 0) is 230 Å². The molecule has 20 nitrogen and oxygen atoms in total. The van der Waals surface area contributed by atoms with Crippen LogP contribution in [-0.4, -0.2) is 261 Å². The zero-order chi connectivity index (χ0) is 97.3. The third-order valence-corrected chi connectivity index (χ3v) is 27.0. The zero-order valence-corrected chi connectivity index (χ0v) is 87.9. The first-order valence-corrected chi connectivity index (χ1v) is 51.1.